The first kappa shape index (κ1) is 18.3. The van der Waals surface area contributed by atoms with E-state index < -0.39 is 29.3 Å². The molecule has 0 amide bonds. The fraction of sp³-hybridized carbons (Fsp3) is 0.318. The van der Waals surface area contributed by atoms with Crippen LogP contribution in [-0.4, -0.2) is 5.97 Å². The van der Waals surface area contributed by atoms with E-state index >= 15 is 0 Å². The van der Waals surface area contributed by atoms with Gasteiger partial charge in [-0.2, -0.15) is 8.78 Å². The molecule has 26 heavy (non-hydrogen) atoms. The van der Waals surface area contributed by atoms with Gasteiger partial charge in [0.25, 0.3) is 6.08 Å². The van der Waals surface area contributed by atoms with Gasteiger partial charge in [-0.3, -0.25) is 4.79 Å². The summed E-state index contributed by atoms with van der Waals surface area (Å²) in [5.74, 6) is -1.39. The van der Waals surface area contributed by atoms with Crippen LogP contribution in [0.4, 0.5) is 8.78 Å². The van der Waals surface area contributed by atoms with Gasteiger partial charge in [-0.05, 0) is 40.7 Å². The molecule has 0 heterocycles. The average Bonchev–Trinajstić information content (AvgIpc) is 3.14. The topological polar surface area (TPSA) is 26.3 Å². The zero-order valence-electron chi connectivity index (χ0n) is 15.1. The molecule has 0 radical (unpaired) electrons. The largest absolute Gasteiger partial charge is 0.461 e. The van der Waals surface area contributed by atoms with Crippen molar-refractivity contribution in [1.29, 1.82) is 0 Å². The molecule has 2 nitrogen and oxygen atoms in total. The van der Waals surface area contributed by atoms with Crippen LogP contribution in [0, 0.1) is 24.2 Å². The van der Waals surface area contributed by atoms with Crippen LogP contribution >= 0.6 is 0 Å². The fourth-order valence-electron chi connectivity index (χ4n) is 3.58. The second-order valence-corrected chi connectivity index (χ2v) is 7.34. The van der Waals surface area contributed by atoms with Crippen molar-refractivity contribution in [2.75, 3.05) is 0 Å². The Hall–Kier alpha value is -2.49. The molecule has 2 atom stereocenters. The highest BCUT2D eigenvalue weighted by Gasteiger charge is 2.61. The van der Waals surface area contributed by atoms with Gasteiger partial charge in [0.15, 0.2) is 0 Å². The van der Waals surface area contributed by atoms with Gasteiger partial charge < -0.3 is 4.74 Å². The zero-order chi connectivity index (χ0) is 18.9. The first-order valence-electron chi connectivity index (χ1n) is 8.65. The van der Waals surface area contributed by atoms with Gasteiger partial charge in [-0.25, -0.2) is 0 Å². The van der Waals surface area contributed by atoms with Crippen molar-refractivity contribution in [3.8, 4) is 11.1 Å². The summed E-state index contributed by atoms with van der Waals surface area (Å²) in [5.41, 5.74) is 3.67. The van der Waals surface area contributed by atoms with E-state index in [1.807, 2.05) is 69.3 Å². The number of hydrogen-bond acceptors (Lipinski definition) is 2. The molecule has 1 saturated carbocycles. The molecule has 3 rings (SSSR count). The Morgan fingerprint density at radius 1 is 1.12 bits per heavy atom. The van der Waals surface area contributed by atoms with Gasteiger partial charge in [0.1, 0.15) is 6.61 Å². The molecular formula is C22H22F2O2. The lowest BCUT2D eigenvalue weighted by molar-refractivity contribution is -0.147. The summed E-state index contributed by atoms with van der Waals surface area (Å²) in [6.45, 7) is 5.76. The van der Waals surface area contributed by atoms with Crippen molar-refractivity contribution in [2.45, 2.75) is 27.4 Å². The van der Waals surface area contributed by atoms with E-state index in [-0.39, 0.29) is 6.61 Å². The van der Waals surface area contributed by atoms with Crippen molar-refractivity contribution >= 4 is 5.97 Å². The highest BCUT2D eigenvalue weighted by molar-refractivity contribution is 5.78. The molecule has 0 spiro atoms. The third kappa shape index (κ3) is 3.55. The quantitative estimate of drug-likeness (QED) is 0.637. The number of ether oxygens (including phenoxy) is 1. The van der Waals surface area contributed by atoms with Gasteiger partial charge in [0.05, 0.1) is 5.92 Å². The molecule has 1 aliphatic carbocycles. The molecule has 1 fully saturated rings. The lowest BCUT2D eigenvalue weighted by atomic mass is 9.97. The second kappa shape index (κ2) is 7.02. The summed E-state index contributed by atoms with van der Waals surface area (Å²) >= 11 is 0. The highest BCUT2D eigenvalue weighted by Crippen LogP contribution is 2.60. The molecule has 1 aliphatic rings. The minimum Gasteiger partial charge on any atom is -0.461 e. The SMILES string of the molecule is Cc1c(COC(=O)[C@@H]2[C@@H](C=C(F)F)C2(C)C)cccc1-c1ccccc1. The monoisotopic (exact) mass is 356 g/mol. The molecule has 0 aromatic heterocycles. The summed E-state index contributed by atoms with van der Waals surface area (Å²) in [6, 6.07) is 15.9. The number of halogens is 2. The summed E-state index contributed by atoms with van der Waals surface area (Å²) in [7, 11) is 0. The van der Waals surface area contributed by atoms with Crippen LogP contribution in [0.25, 0.3) is 11.1 Å². The lowest BCUT2D eigenvalue weighted by Gasteiger charge is -2.12. The van der Waals surface area contributed by atoms with Gasteiger partial charge in [-0.15, -0.1) is 0 Å². The third-order valence-corrected chi connectivity index (χ3v) is 5.37. The van der Waals surface area contributed by atoms with Crippen LogP contribution in [-0.2, 0) is 16.1 Å². The zero-order valence-corrected chi connectivity index (χ0v) is 15.1. The Morgan fingerprint density at radius 3 is 2.46 bits per heavy atom. The first-order chi connectivity index (χ1) is 12.3. The summed E-state index contributed by atoms with van der Waals surface area (Å²) in [4.78, 5) is 12.4. The van der Waals surface area contributed by atoms with E-state index in [1.54, 1.807) is 0 Å². The van der Waals surface area contributed by atoms with Crippen molar-refractivity contribution in [2.24, 2.45) is 17.3 Å². The third-order valence-electron chi connectivity index (χ3n) is 5.37. The number of benzene rings is 2. The van der Waals surface area contributed by atoms with Crippen LogP contribution in [0.1, 0.15) is 25.0 Å². The van der Waals surface area contributed by atoms with E-state index in [0.717, 1.165) is 28.3 Å². The van der Waals surface area contributed by atoms with Gasteiger partial charge >= 0.3 is 5.97 Å². The van der Waals surface area contributed by atoms with Crippen LogP contribution < -0.4 is 0 Å². The Kier molecular flexibility index (Phi) is 4.94. The number of hydrogen-bond donors (Lipinski definition) is 0. The fourth-order valence-corrected chi connectivity index (χ4v) is 3.58. The maximum absolute atomic E-state index is 12.5. The van der Waals surface area contributed by atoms with Crippen LogP contribution in [0.2, 0.25) is 0 Å². The van der Waals surface area contributed by atoms with Crippen molar-refractivity contribution in [3.63, 3.8) is 0 Å². The number of allylic oxidation sites excluding steroid dienone is 1. The van der Waals surface area contributed by atoms with Gasteiger partial charge in [0, 0.05) is 5.92 Å². The molecule has 4 heteroatoms. The summed E-state index contributed by atoms with van der Waals surface area (Å²) in [5, 5.41) is 0. The van der Waals surface area contributed by atoms with Gasteiger partial charge in [-0.1, -0.05) is 62.4 Å². The average molecular weight is 356 g/mol. The number of carbonyl (C=O) groups is 1. The van der Waals surface area contributed by atoms with Crippen LogP contribution in [0.15, 0.2) is 60.7 Å². The Labute approximate surface area is 152 Å². The smallest absolute Gasteiger partial charge is 0.310 e. The standard InChI is InChI=1S/C22H22F2O2/c1-14-16(10-7-11-17(14)15-8-5-4-6-9-15)13-26-21(25)20-18(12-19(23)24)22(20,2)3/h4-12,18,20H,13H2,1-3H3/t18-,20+/m1/s1. The molecule has 0 N–H and O–H groups in total. The van der Waals surface area contributed by atoms with E-state index in [9.17, 15) is 13.6 Å². The summed E-state index contributed by atoms with van der Waals surface area (Å²) < 4.78 is 30.5. The lowest BCUT2D eigenvalue weighted by Crippen LogP contribution is -2.11. The Morgan fingerprint density at radius 2 is 1.81 bits per heavy atom. The summed E-state index contributed by atoms with van der Waals surface area (Å²) in [6.07, 6.45) is -0.877. The van der Waals surface area contributed by atoms with Crippen molar-refractivity contribution in [1.82, 2.24) is 0 Å². The normalized spacial score (nSPS) is 20.3. The minimum atomic E-state index is -1.75. The molecule has 0 bridgehead atoms. The molecule has 0 saturated heterocycles. The second-order valence-electron chi connectivity index (χ2n) is 7.34. The molecule has 2 aromatic carbocycles. The van der Waals surface area contributed by atoms with E-state index in [2.05, 4.69) is 0 Å². The molecular weight excluding hydrogens is 334 g/mol. The molecule has 136 valence electrons. The molecule has 0 aliphatic heterocycles. The predicted octanol–water partition coefficient (Wildman–Crippen LogP) is 5.76. The molecule has 0 unspecified atom stereocenters. The number of esters is 1. The van der Waals surface area contributed by atoms with Crippen LogP contribution in [0.3, 0.4) is 0 Å². The molecule has 2 aromatic rings. The van der Waals surface area contributed by atoms with Gasteiger partial charge in [0.2, 0.25) is 0 Å². The number of carbonyl (C=O) groups excluding carboxylic acids is 1. The maximum Gasteiger partial charge on any atom is 0.310 e. The number of rotatable bonds is 5. The predicted molar refractivity (Wildman–Crippen MR) is 97.5 cm³/mol. The highest BCUT2D eigenvalue weighted by atomic mass is 19.3. The van der Waals surface area contributed by atoms with Crippen molar-refractivity contribution < 1.29 is 18.3 Å². The van der Waals surface area contributed by atoms with E-state index in [0.29, 0.717) is 0 Å². The van der Waals surface area contributed by atoms with Crippen molar-refractivity contribution in [3.05, 3.63) is 71.8 Å². The minimum absolute atomic E-state index is 0.145. The van der Waals surface area contributed by atoms with E-state index in [1.165, 1.54) is 0 Å². The Balaban J connectivity index is 1.71. The van der Waals surface area contributed by atoms with E-state index in [4.69, 9.17) is 4.74 Å². The Bertz CT molecular complexity index is 836. The van der Waals surface area contributed by atoms with Crippen LogP contribution in [0.5, 0.6) is 0 Å². The first-order valence-corrected chi connectivity index (χ1v) is 8.65. The maximum atomic E-state index is 12.5.